The van der Waals surface area contributed by atoms with Gasteiger partial charge in [0, 0.05) is 11.6 Å². The number of carbonyl (C=O) groups excluding carboxylic acids is 1. The number of aromatic amines is 1. The molecule has 6 rings (SSSR count). The molecule has 1 atom stereocenters. The number of benzene rings is 3. The Morgan fingerprint density at radius 1 is 1.00 bits per heavy atom. The number of nitrogens with zero attached hydrogens (tertiary/aromatic N) is 2. The molecule has 2 heterocycles. The van der Waals surface area contributed by atoms with Crippen molar-refractivity contribution in [3.8, 4) is 11.1 Å². The number of nitrogens with one attached hydrogen (secondary N) is 1. The summed E-state index contributed by atoms with van der Waals surface area (Å²) < 4.78 is 0. The van der Waals surface area contributed by atoms with E-state index in [1.807, 2.05) is 18.2 Å². The minimum atomic E-state index is -1.34. The van der Waals surface area contributed by atoms with Gasteiger partial charge < -0.3 is 15.0 Å². The van der Waals surface area contributed by atoms with E-state index in [-0.39, 0.29) is 17.5 Å². The van der Waals surface area contributed by atoms with Crippen LogP contribution in [0.5, 0.6) is 0 Å². The number of amides is 1. The smallest absolute Gasteiger partial charge is 0.256 e. The van der Waals surface area contributed by atoms with Gasteiger partial charge in [-0.15, -0.1) is 0 Å². The lowest BCUT2D eigenvalue weighted by molar-refractivity contribution is -0.141. The fraction of sp³-hybridized carbons (Fsp3) is 0.258. The molecule has 0 bridgehead atoms. The Hall–Kier alpha value is -3.74. The van der Waals surface area contributed by atoms with E-state index >= 15 is 0 Å². The van der Waals surface area contributed by atoms with Crippen LogP contribution in [0.3, 0.4) is 0 Å². The first-order chi connectivity index (χ1) is 18.4. The minimum absolute atomic E-state index is 0.116. The van der Waals surface area contributed by atoms with Crippen LogP contribution in [0.2, 0.25) is 5.02 Å². The zero-order chi connectivity index (χ0) is 26.3. The summed E-state index contributed by atoms with van der Waals surface area (Å²) in [4.78, 5) is 36.1. The fourth-order valence-corrected chi connectivity index (χ4v) is 5.64. The second-order valence-corrected chi connectivity index (χ2v) is 10.6. The molecule has 0 radical (unpaired) electrons. The Labute approximate surface area is 225 Å². The number of aryl methyl sites for hydroxylation is 1. The van der Waals surface area contributed by atoms with Crippen molar-refractivity contribution < 1.29 is 9.90 Å². The Balaban J connectivity index is 1.29. The number of halogens is 1. The molecule has 1 fully saturated rings. The van der Waals surface area contributed by atoms with E-state index in [0.717, 1.165) is 35.2 Å². The summed E-state index contributed by atoms with van der Waals surface area (Å²) in [5.41, 5.74) is 4.58. The van der Waals surface area contributed by atoms with Crippen LogP contribution in [0.4, 0.5) is 0 Å². The number of fused-ring (bicyclic) bond motifs is 1. The molecule has 1 aliphatic carbocycles. The van der Waals surface area contributed by atoms with Crippen LogP contribution in [-0.2, 0) is 23.2 Å². The third kappa shape index (κ3) is 4.55. The Morgan fingerprint density at radius 2 is 1.76 bits per heavy atom. The monoisotopic (exact) mass is 525 g/mol. The van der Waals surface area contributed by atoms with Crippen LogP contribution >= 0.6 is 11.6 Å². The predicted octanol–water partition coefficient (Wildman–Crippen LogP) is 5.18. The van der Waals surface area contributed by atoms with E-state index in [9.17, 15) is 14.7 Å². The SMILES string of the molecule is O=C(C(O)c1cccc(Cl)c1)N1CCCc2nc(C3(c4cccc(-c5ccccc5)c4)CC3)[nH]c(=O)c2C1. The number of carbonyl (C=O) groups is 1. The summed E-state index contributed by atoms with van der Waals surface area (Å²) >= 11 is 6.04. The fourth-order valence-electron chi connectivity index (χ4n) is 5.44. The first kappa shape index (κ1) is 24.6. The van der Waals surface area contributed by atoms with Crippen molar-refractivity contribution in [1.82, 2.24) is 14.9 Å². The number of aliphatic hydroxyl groups excluding tert-OH is 1. The van der Waals surface area contributed by atoms with Gasteiger partial charge in [-0.1, -0.05) is 78.3 Å². The molecule has 192 valence electrons. The van der Waals surface area contributed by atoms with Gasteiger partial charge in [-0.25, -0.2) is 4.98 Å². The van der Waals surface area contributed by atoms with Crippen molar-refractivity contribution in [3.05, 3.63) is 122 Å². The van der Waals surface area contributed by atoms with Crippen molar-refractivity contribution in [2.24, 2.45) is 0 Å². The van der Waals surface area contributed by atoms with Gasteiger partial charge in [-0.3, -0.25) is 9.59 Å². The molecule has 1 aromatic heterocycles. The van der Waals surface area contributed by atoms with Gasteiger partial charge in [0.2, 0.25) is 0 Å². The molecular formula is C31H28ClN3O3. The van der Waals surface area contributed by atoms with E-state index in [4.69, 9.17) is 16.6 Å². The van der Waals surface area contributed by atoms with Crippen LogP contribution in [0.25, 0.3) is 11.1 Å². The number of aromatic nitrogens is 2. The molecule has 6 nitrogen and oxygen atoms in total. The van der Waals surface area contributed by atoms with Gasteiger partial charge >= 0.3 is 0 Å². The molecule has 3 aromatic carbocycles. The van der Waals surface area contributed by atoms with Crippen LogP contribution in [0.1, 0.15) is 53.6 Å². The first-order valence-electron chi connectivity index (χ1n) is 13.0. The van der Waals surface area contributed by atoms with Crippen molar-refractivity contribution in [3.63, 3.8) is 0 Å². The maximum atomic E-state index is 13.4. The highest BCUT2D eigenvalue weighted by Crippen LogP contribution is 2.52. The normalized spacial score (nSPS) is 16.8. The number of aliphatic hydroxyl groups is 1. The Morgan fingerprint density at radius 3 is 2.53 bits per heavy atom. The third-order valence-electron chi connectivity index (χ3n) is 7.73. The van der Waals surface area contributed by atoms with E-state index in [0.29, 0.717) is 41.4 Å². The van der Waals surface area contributed by atoms with Crippen molar-refractivity contribution in [2.75, 3.05) is 6.54 Å². The second kappa shape index (κ2) is 9.86. The average Bonchev–Trinajstić information content (AvgIpc) is 3.77. The third-order valence-corrected chi connectivity index (χ3v) is 7.96. The zero-order valence-corrected chi connectivity index (χ0v) is 21.6. The Bertz CT molecular complexity index is 1560. The zero-order valence-electron chi connectivity index (χ0n) is 20.9. The van der Waals surface area contributed by atoms with Crippen molar-refractivity contribution >= 4 is 17.5 Å². The van der Waals surface area contributed by atoms with Crippen LogP contribution in [0.15, 0.2) is 83.7 Å². The highest BCUT2D eigenvalue weighted by Gasteiger charge is 2.49. The topological polar surface area (TPSA) is 86.3 Å². The Kier molecular flexibility index (Phi) is 6.38. The number of hydrogen-bond acceptors (Lipinski definition) is 4. The summed E-state index contributed by atoms with van der Waals surface area (Å²) in [6, 6.07) is 25.4. The molecular weight excluding hydrogens is 498 g/mol. The second-order valence-electron chi connectivity index (χ2n) is 10.2. The van der Waals surface area contributed by atoms with Gasteiger partial charge in [0.1, 0.15) is 5.82 Å². The first-order valence-corrected chi connectivity index (χ1v) is 13.3. The summed E-state index contributed by atoms with van der Waals surface area (Å²) in [6.45, 7) is 0.552. The van der Waals surface area contributed by atoms with Gasteiger partial charge in [0.25, 0.3) is 11.5 Å². The van der Waals surface area contributed by atoms with Gasteiger partial charge in [-0.2, -0.15) is 0 Å². The molecule has 1 aliphatic heterocycles. The lowest BCUT2D eigenvalue weighted by atomic mass is 9.91. The molecule has 0 saturated heterocycles. The molecule has 1 amide bonds. The number of rotatable bonds is 5. The van der Waals surface area contributed by atoms with E-state index in [2.05, 4.69) is 41.4 Å². The number of H-pyrrole nitrogens is 1. The van der Waals surface area contributed by atoms with Gasteiger partial charge in [0.05, 0.1) is 23.2 Å². The molecule has 2 aliphatic rings. The summed E-state index contributed by atoms with van der Waals surface area (Å²) in [5.74, 6) is 0.255. The molecule has 1 saturated carbocycles. The molecule has 1 unspecified atom stereocenters. The molecule has 0 spiro atoms. The average molecular weight is 526 g/mol. The summed E-state index contributed by atoms with van der Waals surface area (Å²) in [6.07, 6.45) is 1.76. The van der Waals surface area contributed by atoms with Crippen LogP contribution in [0, 0.1) is 0 Å². The maximum Gasteiger partial charge on any atom is 0.256 e. The highest BCUT2D eigenvalue weighted by molar-refractivity contribution is 6.30. The van der Waals surface area contributed by atoms with Gasteiger partial charge in [0.15, 0.2) is 6.10 Å². The van der Waals surface area contributed by atoms with E-state index in [1.165, 1.54) is 0 Å². The number of hydrogen-bond donors (Lipinski definition) is 2. The lowest BCUT2D eigenvalue weighted by Crippen LogP contribution is -2.36. The maximum absolute atomic E-state index is 13.4. The van der Waals surface area contributed by atoms with Crippen LogP contribution in [-0.4, -0.2) is 32.4 Å². The highest BCUT2D eigenvalue weighted by atomic mass is 35.5. The quantitative estimate of drug-likeness (QED) is 0.376. The standard InChI is InChI=1S/C31H28ClN3O3/c32-24-12-5-10-22(18-24)27(36)29(38)35-16-6-13-26-25(19-35)28(37)34-30(33-26)31(14-15-31)23-11-4-9-21(17-23)20-7-2-1-3-8-20/h1-5,7-12,17-18,27,36H,6,13-16,19H2,(H,33,34,37). The molecule has 38 heavy (non-hydrogen) atoms. The predicted molar refractivity (Wildman–Crippen MR) is 147 cm³/mol. The van der Waals surface area contributed by atoms with Crippen molar-refractivity contribution in [1.29, 1.82) is 0 Å². The lowest BCUT2D eigenvalue weighted by Gasteiger charge is -2.24. The van der Waals surface area contributed by atoms with Crippen molar-refractivity contribution in [2.45, 2.75) is 43.7 Å². The molecule has 7 heteroatoms. The summed E-state index contributed by atoms with van der Waals surface area (Å²) in [7, 11) is 0. The van der Waals surface area contributed by atoms with Gasteiger partial charge in [-0.05, 0) is 60.1 Å². The van der Waals surface area contributed by atoms with E-state index in [1.54, 1.807) is 29.2 Å². The van der Waals surface area contributed by atoms with Crippen LogP contribution < -0.4 is 5.56 Å². The van der Waals surface area contributed by atoms with E-state index < -0.39 is 12.0 Å². The molecule has 2 N–H and O–H groups in total. The largest absolute Gasteiger partial charge is 0.378 e. The molecule has 4 aromatic rings. The summed E-state index contributed by atoms with van der Waals surface area (Å²) in [5, 5.41) is 11.2. The minimum Gasteiger partial charge on any atom is -0.378 e.